The van der Waals surface area contributed by atoms with Gasteiger partial charge in [-0.05, 0) is 24.1 Å². The molecule has 0 spiro atoms. The summed E-state index contributed by atoms with van der Waals surface area (Å²) in [6.07, 6.45) is 1.63. The maximum absolute atomic E-state index is 4.43. The zero-order valence-electron chi connectivity index (χ0n) is 13.4. The van der Waals surface area contributed by atoms with E-state index in [1.54, 1.807) is 17.7 Å². The van der Waals surface area contributed by atoms with Gasteiger partial charge in [-0.15, -0.1) is 11.3 Å². The Morgan fingerprint density at radius 3 is 2.54 bits per heavy atom. The number of nitrogens with one attached hydrogen (secondary N) is 1. The standard InChI is InChI=1S/C20H17N3S/c1-14-7-9-15(10-8-14)12-21-19-17-11-18(16-5-3-2-4-6-16)24-20(17)23-13-22-19/h2-11,13H,12H2,1H3,(H,21,22,23). The fourth-order valence-electron chi connectivity index (χ4n) is 2.63. The van der Waals surface area contributed by atoms with Gasteiger partial charge in [0, 0.05) is 11.4 Å². The zero-order chi connectivity index (χ0) is 16.4. The van der Waals surface area contributed by atoms with Gasteiger partial charge in [-0.2, -0.15) is 0 Å². The van der Waals surface area contributed by atoms with Gasteiger partial charge in [0.1, 0.15) is 17.0 Å². The van der Waals surface area contributed by atoms with Crippen molar-refractivity contribution in [1.29, 1.82) is 0 Å². The summed E-state index contributed by atoms with van der Waals surface area (Å²) in [5.41, 5.74) is 3.73. The fraction of sp³-hybridized carbons (Fsp3) is 0.100. The minimum atomic E-state index is 0.753. The summed E-state index contributed by atoms with van der Waals surface area (Å²) < 4.78 is 0. The summed E-state index contributed by atoms with van der Waals surface area (Å²) in [5, 5.41) is 4.52. The summed E-state index contributed by atoms with van der Waals surface area (Å²) in [7, 11) is 0. The molecule has 2 aromatic carbocycles. The van der Waals surface area contributed by atoms with Crippen LogP contribution in [0.3, 0.4) is 0 Å². The lowest BCUT2D eigenvalue weighted by Crippen LogP contribution is -2.01. The Bertz CT molecular complexity index is 959. The molecule has 0 atom stereocenters. The van der Waals surface area contributed by atoms with Crippen LogP contribution in [0, 0.1) is 6.92 Å². The highest BCUT2D eigenvalue weighted by atomic mass is 32.1. The van der Waals surface area contributed by atoms with Gasteiger partial charge in [0.25, 0.3) is 0 Å². The van der Waals surface area contributed by atoms with E-state index in [4.69, 9.17) is 0 Å². The first-order chi connectivity index (χ1) is 11.8. The molecule has 2 heterocycles. The van der Waals surface area contributed by atoms with Crippen LogP contribution in [0.4, 0.5) is 5.82 Å². The molecule has 0 saturated heterocycles. The second-order valence-corrected chi connectivity index (χ2v) is 6.79. The minimum Gasteiger partial charge on any atom is -0.365 e. The first-order valence-corrected chi connectivity index (χ1v) is 8.70. The molecular formula is C20H17N3S. The van der Waals surface area contributed by atoms with Gasteiger partial charge in [-0.1, -0.05) is 60.2 Å². The average molecular weight is 331 g/mol. The molecule has 118 valence electrons. The van der Waals surface area contributed by atoms with Crippen molar-refractivity contribution in [1.82, 2.24) is 9.97 Å². The molecule has 0 unspecified atom stereocenters. The van der Waals surface area contributed by atoms with E-state index in [9.17, 15) is 0 Å². The number of hydrogen-bond donors (Lipinski definition) is 1. The third-order valence-electron chi connectivity index (χ3n) is 3.97. The Morgan fingerprint density at radius 1 is 0.958 bits per heavy atom. The smallest absolute Gasteiger partial charge is 0.138 e. The Morgan fingerprint density at radius 2 is 1.75 bits per heavy atom. The van der Waals surface area contributed by atoms with Crippen LogP contribution in [0.2, 0.25) is 0 Å². The molecular weight excluding hydrogens is 314 g/mol. The first-order valence-electron chi connectivity index (χ1n) is 7.89. The predicted molar refractivity (Wildman–Crippen MR) is 101 cm³/mol. The Kier molecular flexibility index (Phi) is 3.97. The van der Waals surface area contributed by atoms with E-state index in [0.717, 1.165) is 22.6 Å². The van der Waals surface area contributed by atoms with Crippen molar-refractivity contribution in [2.45, 2.75) is 13.5 Å². The van der Waals surface area contributed by atoms with E-state index in [0.29, 0.717) is 0 Å². The van der Waals surface area contributed by atoms with E-state index < -0.39 is 0 Å². The number of nitrogens with zero attached hydrogens (tertiary/aromatic N) is 2. The zero-order valence-corrected chi connectivity index (χ0v) is 14.2. The van der Waals surface area contributed by atoms with Crippen molar-refractivity contribution < 1.29 is 0 Å². The molecule has 4 rings (SSSR count). The third kappa shape index (κ3) is 3.01. The fourth-order valence-corrected chi connectivity index (χ4v) is 3.64. The number of rotatable bonds is 4. The van der Waals surface area contributed by atoms with E-state index in [1.807, 2.05) is 6.07 Å². The number of aryl methyl sites for hydroxylation is 1. The monoisotopic (exact) mass is 331 g/mol. The third-order valence-corrected chi connectivity index (χ3v) is 5.06. The molecule has 0 fully saturated rings. The van der Waals surface area contributed by atoms with E-state index in [-0.39, 0.29) is 0 Å². The topological polar surface area (TPSA) is 37.8 Å². The highest BCUT2D eigenvalue weighted by molar-refractivity contribution is 7.21. The van der Waals surface area contributed by atoms with Gasteiger partial charge in [0.05, 0.1) is 5.39 Å². The molecule has 0 radical (unpaired) electrons. The van der Waals surface area contributed by atoms with Crippen LogP contribution in [0.1, 0.15) is 11.1 Å². The van der Waals surface area contributed by atoms with Gasteiger partial charge >= 0.3 is 0 Å². The van der Waals surface area contributed by atoms with E-state index >= 15 is 0 Å². The van der Waals surface area contributed by atoms with Crippen molar-refractivity contribution in [2.24, 2.45) is 0 Å². The highest BCUT2D eigenvalue weighted by Gasteiger charge is 2.09. The van der Waals surface area contributed by atoms with Crippen LogP contribution in [-0.2, 0) is 6.54 Å². The van der Waals surface area contributed by atoms with Crippen LogP contribution in [0.25, 0.3) is 20.7 Å². The van der Waals surface area contributed by atoms with Crippen molar-refractivity contribution >= 4 is 27.4 Å². The first kappa shape index (κ1) is 14.8. The van der Waals surface area contributed by atoms with Gasteiger partial charge in [0.15, 0.2) is 0 Å². The van der Waals surface area contributed by atoms with Gasteiger partial charge in [0.2, 0.25) is 0 Å². The molecule has 0 amide bonds. The lowest BCUT2D eigenvalue weighted by Gasteiger charge is -2.06. The van der Waals surface area contributed by atoms with Crippen molar-refractivity contribution in [3.8, 4) is 10.4 Å². The van der Waals surface area contributed by atoms with E-state index in [2.05, 4.69) is 76.8 Å². The molecule has 4 heteroatoms. The van der Waals surface area contributed by atoms with Crippen LogP contribution < -0.4 is 5.32 Å². The normalized spacial score (nSPS) is 10.9. The Labute approximate surface area is 145 Å². The average Bonchev–Trinajstić information content (AvgIpc) is 3.07. The molecule has 0 saturated carbocycles. The largest absolute Gasteiger partial charge is 0.365 e. The van der Waals surface area contributed by atoms with Gasteiger partial charge in [-0.3, -0.25) is 0 Å². The van der Waals surface area contributed by atoms with E-state index in [1.165, 1.54) is 21.6 Å². The summed E-state index contributed by atoms with van der Waals surface area (Å²) in [4.78, 5) is 11.1. The van der Waals surface area contributed by atoms with Crippen LogP contribution in [0.15, 0.2) is 67.0 Å². The number of hydrogen-bond acceptors (Lipinski definition) is 4. The molecule has 4 aromatic rings. The van der Waals surface area contributed by atoms with Crippen LogP contribution in [0.5, 0.6) is 0 Å². The second kappa shape index (κ2) is 6.42. The van der Waals surface area contributed by atoms with Gasteiger partial charge in [-0.25, -0.2) is 9.97 Å². The highest BCUT2D eigenvalue weighted by Crippen LogP contribution is 2.34. The lowest BCUT2D eigenvalue weighted by atomic mass is 10.1. The van der Waals surface area contributed by atoms with Crippen molar-refractivity contribution in [3.05, 3.63) is 78.1 Å². The minimum absolute atomic E-state index is 0.753. The van der Waals surface area contributed by atoms with Crippen LogP contribution in [-0.4, -0.2) is 9.97 Å². The second-order valence-electron chi connectivity index (χ2n) is 5.76. The molecule has 0 aliphatic carbocycles. The molecule has 0 aliphatic heterocycles. The van der Waals surface area contributed by atoms with Crippen LogP contribution >= 0.6 is 11.3 Å². The quantitative estimate of drug-likeness (QED) is 0.553. The summed E-state index contributed by atoms with van der Waals surface area (Å²) >= 11 is 1.70. The van der Waals surface area contributed by atoms with Crippen molar-refractivity contribution in [3.63, 3.8) is 0 Å². The number of fused-ring (bicyclic) bond motifs is 1. The number of benzene rings is 2. The lowest BCUT2D eigenvalue weighted by molar-refractivity contribution is 1.10. The molecule has 2 aromatic heterocycles. The molecule has 24 heavy (non-hydrogen) atoms. The summed E-state index contributed by atoms with van der Waals surface area (Å²) in [5.74, 6) is 0.888. The number of anilines is 1. The molecule has 0 aliphatic rings. The SMILES string of the molecule is Cc1ccc(CNc2ncnc3sc(-c4ccccc4)cc23)cc1. The molecule has 0 bridgehead atoms. The van der Waals surface area contributed by atoms with Gasteiger partial charge < -0.3 is 5.32 Å². The summed E-state index contributed by atoms with van der Waals surface area (Å²) in [6.45, 7) is 2.85. The number of thiophene rings is 1. The maximum atomic E-state index is 4.43. The number of aromatic nitrogens is 2. The molecule has 3 nitrogen and oxygen atoms in total. The Hall–Kier alpha value is -2.72. The Balaban J connectivity index is 1.63. The predicted octanol–water partition coefficient (Wildman–Crippen LogP) is 5.28. The summed E-state index contributed by atoms with van der Waals surface area (Å²) in [6, 6.07) is 21.1. The maximum Gasteiger partial charge on any atom is 0.138 e. The molecule has 1 N–H and O–H groups in total. The van der Waals surface area contributed by atoms with Crippen molar-refractivity contribution in [2.75, 3.05) is 5.32 Å².